The lowest BCUT2D eigenvalue weighted by Crippen LogP contribution is -2.37. The first kappa shape index (κ1) is 12.3. The minimum absolute atomic E-state index is 0.185. The van der Waals surface area contributed by atoms with Crippen molar-refractivity contribution in [2.75, 3.05) is 18.0 Å². The first-order chi connectivity index (χ1) is 8.20. The summed E-state index contributed by atoms with van der Waals surface area (Å²) < 4.78 is 0. The fourth-order valence-corrected chi connectivity index (χ4v) is 2.36. The van der Waals surface area contributed by atoms with Gasteiger partial charge in [0.15, 0.2) is 0 Å². The van der Waals surface area contributed by atoms with Crippen LogP contribution in [0, 0.1) is 5.92 Å². The van der Waals surface area contributed by atoms with Crippen LogP contribution in [-0.4, -0.2) is 29.3 Å². The molecule has 2 rings (SSSR count). The van der Waals surface area contributed by atoms with Gasteiger partial charge in [0.25, 0.3) is 0 Å². The number of nitrogens with zero attached hydrogens (tertiary/aromatic N) is 2. The van der Waals surface area contributed by atoms with E-state index >= 15 is 0 Å². The maximum Gasteiger partial charge on any atom is 0.0552 e. The molecule has 1 aromatic rings. The number of hydrogen-bond donors (Lipinski definition) is 2. The van der Waals surface area contributed by atoms with Gasteiger partial charge in [0.1, 0.15) is 0 Å². The van der Waals surface area contributed by atoms with Gasteiger partial charge in [-0.25, -0.2) is 0 Å². The highest BCUT2D eigenvalue weighted by atomic mass is 16.3. The monoisotopic (exact) mass is 235 g/mol. The molecule has 2 heterocycles. The molecule has 0 saturated carbocycles. The zero-order chi connectivity index (χ0) is 12.3. The van der Waals surface area contributed by atoms with Gasteiger partial charge < -0.3 is 15.7 Å². The van der Waals surface area contributed by atoms with Crippen LogP contribution in [0.25, 0.3) is 0 Å². The number of aliphatic hydroxyl groups is 1. The molecule has 94 valence electrons. The van der Waals surface area contributed by atoms with Gasteiger partial charge in [0.2, 0.25) is 0 Å². The SMILES string of the molecule is CC(O)C1CCN(c2ccc(CN)nc2)CC1. The smallest absolute Gasteiger partial charge is 0.0552 e. The maximum absolute atomic E-state index is 9.56. The molecular formula is C13H21N3O. The van der Waals surface area contributed by atoms with Crippen molar-refractivity contribution in [2.24, 2.45) is 11.7 Å². The summed E-state index contributed by atoms with van der Waals surface area (Å²) in [6.45, 7) is 4.38. The number of anilines is 1. The molecule has 0 aliphatic carbocycles. The predicted molar refractivity (Wildman–Crippen MR) is 68.7 cm³/mol. The second-order valence-corrected chi connectivity index (χ2v) is 4.78. The Balaban J connectivity index is 1.95. The number of pyridine rings is 1. The quantitative estimate of drug-likeness (QED) is 0.824. The van der Waals surface area contributed by atoms with Crippen molar-refractivity contribution in [1.29, 1.82) is 0 Å². The number of piperidine rings is 1. The number of aliphatic hydroxyl groups excluding tert-OH is 1. The molecule has 1 saturated heterocycles. The van der Waals surface area contributed by atoms with E-state index in [9.17, 15) is 5.11 Å². The molecule has 0 radical (unpaired) electrons. The summed E-state index contributed by atoms with van der Waals surface area (Å²) in [6.07, 6.45) is 3.81. The predicted octanol–water partition coefficient (Wildman–Crippen LogP) is 1.14. The molecule has 0 spiro atoms. The van der Waals surface area contributed by atoms with Gasteiger partial charge in [0.05, 0.1) is 23.7 Å². The summed E-state index contributed by atoms with van der Waals surface area (Å²) in [5.41, 5.74) is 7.61. The average Bonchev–Trinajstić information content (AvgIpc) is 2.39. The van der Waals surface area contributed by atoms with Gasteiger partial charge in [-0.05, 0) is 37.8 Å². The highest BCUT2D eigenvalue weighted by molar-refractivity contribution is 5.44. The average molecular weight is 235 g/mol. The Morgan fingerprint density at radius 1 is 1.47 bits per heavy atom. The van der Waals surface area contributed by atoms with Crippen LogP contribution < -0.4 is 10.6 Å². The largest absolute Gasteiger partial charge is 0.393 e. The Labute approximate surface area is 102 Å². The maximum atomic E-state index is 9.56. The lowest BCUT2D eigenvalue weighted by molar-refractivity contribution is 0.110. The van der Waals surface area contributed by atoms with Crippen molar-refractivity contribution in [3.63, 3.8) is 0 Å². The van der Waals surface area contributed by atoms with Crippen LogP contribution in [0.3, 0.4) is 0 Å². The molecule has 4 heteroatoms. The molecule has 1 aliphatic rings. The molecule has 0 bridgehead atoms. The van der Waals surface area contributed by atoms with Gasteiger partial charge >= 0.3 is 0 Å². The molecular weight excluding hydrogens is 214 g/mol. The lowest BCUT2D eigenvalue weighted by Gasteiger charge is -2.34. The summed E-state index contributed by atoms with van der Waals surface area (Å²) >= 11 is 0. The van der Waals surface area contributed by atoms with E-state index in [0.29, 0.717) is 12.5 Å². The van der Waals surface area contributed by atoms with Gasteiger partial charge in [-0.15, -0.1) is 0 Å². The van der Waals surface area contributed by atoms with Crippen molar-refractivity contribution < 1.29 is 5.11 Å². The second-order valence-electron chi connectivity index (χ2n) is 4.78. The minimum atomic E-state index is -0.185. The molecule has 3 N–H and O–H groups in total. The normalized spacial score (nSPS) is 19.4. The van der Waals surface area contributed by atoms with Crippen LogP contribution in [0.5, 0.6) is 0 Å². The van der Waals surface area contributed by atoms with Crippen LogP contribution in [0.1, 0.15) is 25.5 Å². The van der Waals surface area contributed by atoms with Gasteiger partial charge in [-0.3, -0.25) is 4.98 Å². The Morgan fingerprint density at radius 3 is 2.65 bits per heavy atom. The van der Waals surface area contributed by atoms with Crippen LogP contribution >= 0.6 is 0 Å². The van der Waals surface area contributed by atoms with E-state index in [1.165, 1.54) is 0 Å². The van der Waals surface area contributed by atoms with Crippen LogP contribution in [0.2, 0.25) is 0 Å². The van der Waals surface area contributed by atoms with E-state index in [2.05, 4.69) is 16.0 Å². The summed E-state index contributed by atoms with van der Waals surface area (Å²) in [4.78, 5) is 6.64. The molecule has 17 heavy (non-hydrogen) atoms. The highest BCUT2D eigenvalue weighted by Gasteiger charge is 2.22. The van der Waals surface area contributed by atoms with E-state index in [1.807, 2.05) is 19.2 Å². The number of hydrogen-bond acceptors (Lipinski definition) is 4. The summed E-state index contributed by atoms with van der Waals surface area (Å²) in [7, 11) is 0. The number of nitrogens with two attached hydrogens (primary N) is 1. The van der Waals surface area contributed by atoms with Crippen molar-refractivity contribution >= 4 is 5.69 Å². The number of rotatable bonds is 3. The molecule has 1 atom stereocenters. The molecule has 1 aromatic heterocycles. The van der Waals surface area contributed by atoms with E-state index in [4.69, 9.17) is 5.73 Å². The zero-order valence-electron chi connectivity index (χ0n) is 10.3. The first-order valence-corrected chi connectivity index (χ1v) is 6.28. The highest BCUT2D eigenvalue weighted by Crippen LogP contribution is 2.24. The lowest BCUT2D eigenvalue weighted by atomic mass is 9.92. The zero-order valence-corrected chi connectivity index (χ0v) is 10.3. The second kappa shape index (κ2) is 5.47. The Hall–Kier alpha value is -1.13. The topological polar surface area (TPSA) is 62.4 Å². The minimum Gasteiger partial charge on any atom is -0.393 e. The van der Waals surface area contributed by atoms with E-state index < -0.39 is 0 Å². The van der Waals surface area contributed by atoms with Crippen molar-refractivity contribution in [3.8, 4) is 0 Å². The third-order valence-electron chi connectivity index (χ3n) is 3.61. The molecule has 0 aromatic carbocycles. The van der Waals surface area contributed by atoms with E-state index in [0.717, 1.165) is 37.3 Å². The van der Waals surface area contributed by atoms with Crippen molar-refractivity contribution in [2.45, 2.75) is 32.4 Å². The van der Waals surface area contributed by atoms with Gasteiger partial charge in [-0.1, -0.05) is 0 Å². The van der Waals surface area contributed by atoms with Crippen LogP contribution in [0.15, 0.2) is 18.3 Å². The molecule has 4 nitrogen and oxygen atoms in total. The van der Waals surface area contributed by atoms with Gasteiger partial charge in [-0.2, -0.15) is 0 Å². The number of aromatic nitrogens is 1. The fraction of sp³-hybridized carbons (Fsp3) is 0.615. The van der Waals surface area contributed by atoms with Crippen molar-refractivity contribution in [3.05, 3.63) is 24.0 Å². The fourth-order valence-electron chi connectivity index (χ4n) is 2.36. The van der Waals surface area contributed by atoms with E-state index in [1.54, 1.807) is 0 Å². The first-order valence-electron chi connectivity index (χ1n) is 6.28. The van der Waals surface area contributed by atoms with Crippen LogP contribution in [-0.2, 0) is 6.54 Å². The van der Waals surface area contributed by atoms with E-state index in [-0.39, 0.29) is 6.10 Å². The molecule has 0 amide bonds. The van der Waals surface area contributed by atoms with Crippen LogP contribution in [0.4, 0.5) is 5.69 Å². The molecule has 1 aliphatic heterocycles. The molecule has 1 fully saturated rings. The Morgan fingerprint density at radius 2 is 2.18 bits per heavy atom. The Bertz CT molecular complexity index is 342. The standard InChI is InChI=1S/C13H21N3O/c1-10(17)11-4-6-16(7-5-11)13-3-2-12(8-14)15-9-13/h2-3,9-11,17H,4-8,14H2,1H3. The Kier molecular flexibility index (Phi) is 3.97. The van der Waals surface area contributed by atoms with Gasteiger partial charge in [0, 0.05) is 19.6 Å². The van der Waals surface area contributed by atoms with Crippen molar-refractivity contribution in [1.82, 2.24) is 4.98 Å². The third-order valence-corrected chi connectivity index (χ3v) is 3.61. The third kappa shape index (κ3) is 2.96. The summed E-state index contributed by atoms with van der Waals surface area (Å²) in [6, 6.07) is 4.06. The summed E-state index contributed by atoms with van der Waals surface area (Å²) in [5, 5.41) is 9.56. The summed E-state index contributed by atoms with van der Waals surface area (Å²) in [5.74, 6) is 0.447. The molecule has 1 unspecified atom stereocenters.